The van der Waals surface area contributed by atoms with E-state index in [0.29, 0.717) is 0 Å². The van der Waals surface area contributed by atoms with E-state index in [1.807, 2.05) is 39.8 Å². The van der Waals surface area contributed by atoms with E-state index in [2.05, 4.69) is 94.4 Å². The summed E-state index contributed by atoms with van der Waals surface area (Å²) in [6.07, 6.45) is 13.6. The molecule has 0 saturated heterocycles. The van der Waals surface area contributed by atoms with Gasteiger partial charge < -0.3 is 27.8 Å². The van der Waals surface area contributed by atoms with Gasteiger partial charge in [-0.2, -0.15) is 0 Å². The molecule has 0 spiro atoms. The molecule has 2 aliphatic rings. The van der Waals surface area contributed by atoms with Crippen molar-refractivity contribution in [3.63, 3.8) is 0 Å². The van der Waals surface area contributed by atoms with E-state index in [1.165, 1.54) is 36.8 Å². The number of nitrogens with zero attached hydrogens (tertiary/aromatic N) is 4. The third-order valence-electron chi connectivity index (χ3n) is 11.6. The Labute approximate surface area is 330 Å². The second-order valence-electron chi connectivity index (χ2n) is 15.8. The smallest absolute Gasteiger partial charge is 0.239 e. The Morgan fingerprint density at radius 1 is 0.625 bits per heavy atom. The van der Waals surface area contributed by atoms with Crippen LogP contribution in [-0.4, -0.2) is 16.7 Å². The van der Waals surface area contributed by atoms with Gasteiger partial charge in [0.15, 0.2) is 0 Å². The molecule has 284 valence electrons. The Bertz CT molecular complexity index is 2530. The number of anilines is 5. The van der Waals surface area contributed by atoms with Crippen molar-refractivity contribution in [3.8, 4) is 5.69 Å². The Kier molecular flexibility index (Phi) is 9.97. The molecule has 0 radical (unpaired) electrons. The molecule has 2 heterocycles. The van der Waals surface area contributed by atoms with Crippen LogP contribution in [0.3, 0.4) is 0 Å². The number of nitrogen functional groups attached to an aromatic ring is 3. The zero-order valence-corrected chi connectivity index (χ0v) is 33.1. The van der Waals surface area contributed by atoms with Crippen LogP contribution in [0.4, 0.5) is 34.1 Å². The van der Waals surface area contributed by atoms with Gasteiger partial charge in [0.2, 0.25) is 16.7 Å². The molecule has 0 saturated carbocycles. The lowest BCUT2D eigenvalue weighted by molar-refractivity contribution is -0.538. The molecular formula is C48H53N8+. The van der Waals surface area contributed by atoms with Crippen LogP contribution in [-0.2, 0) is 12.8 Å². The van der Waals surface area contributed by atoms with Gasteiger partial charge in [0.05, 0.1) is 23.1 Å². The summed E-state index contributed by atoms with van der Waals surface area (Å²) >= 11 is 0. The standard InChI is InChI=1S/C48H52N8/c1-29-19-41-45(25-37(29)49)55(46-26-38(50)30(2)20-42(46)53-41)35-17-11-15-33(23-35)13-9-7-5-6-8-10-14-34-16-12-18-36(24-34)56-47-27-39(51)31(3)21-43(47)54-44-22-32(4)40(52)28-48(44)56/h11-12,15-28,45H,5-10,13-14,49-50H2,1-4H3,(H3,51,52)/p+1. The van der Waals surface area contributed by atoms with Gasteiger partial charge in [-0.05, 0) is 135 Å². The summed E-state index contributed by atoms with van der Waals surface area (Å²) in [6, 6.07) is 30.1. The minimum absolute atomic E-state index is 0.0763. The van der Waals surface area contributed by atoms with Crippen LogP contribution in [0.2, 0.25) is 0 Å². The van der Waals surface area contributed by atoms with Gasteiger partial charge in [0, 0.05) is 52.7 Å². The molecule has 1 atom stereocenters. The van der Waals surface area contributed by atoms with E-state index >= 15 is 0 Å². The van der Waals surface area contributed by atoms with E-state index in [4.69, 9.17) is 32.9 Å². The van der Waals surface area contributed by atoms with Crippen LogP contribution in [0.1, 0.15) is 73.3 Å². The SMILES string of the molecule is CC1=CC2=Nc3cc(C)c(N)cc3N(c3cccc(CCCCCCCCc4cccc(-[n+]5c6cc(N)c(C)cc6nc6cc(C)c(N)cc65)c4)c3)C2C=C1N. The number of rotatable bonds is 11. The molecule has 1 aromatic heterocycles. The number of unbranched alkanes of at least 4 members (excludes halogenated alkanes) is 5. The average molecular weight is 742 g/mol. The number of hydrogen-bond acceptors (Lipinski definition) is 7. The van der Waals surface area contributed by atoms with Gasteiger partial charge in [0.1, 0.15) is 11.0 Å². The highest BCUT2D eigenvalue weighted by atomic mass is 15.2. The fourth-order valence-corrected chi connectivity index (χ4v) is 8.20. The van der Waals surface area contributed by atoms with Crippen molar-refractivity contribution in [2.75, 3.05) is 22.1 Å². The zero-order chi connectivity index (χ0) is 39.1. The minimum atomic E-state index is -0.0763. The fourth-order valence-electron chi connectivity index (χ4n) is 8.20. The monoisotopic (exact) mass is 741 g/mol. The van der Waals surface area contributed by atoms with Gasteiger partial charge in [-0.3, -0.25) is 0 Å². The van der Waals surface area contributed by atoms with Crippen LogP contribution in [0.25, 0.3) is 27.8 Å². The topological polar surface area (TPSA) is 136 Å². The summed E-state index contributed by atoms with van der Waals surface area (Å²) in [5.74, 6) is 0. The van der Waals surface area contributed by atoms with Crippen molar-refractivity contribution in [2.24, 2.45) is 10.7 Å². The van der Waals surface area contributed by atoms with Gasteiger partial charge >= 0.3 is 0 Å². The third-order valence-corrected chi connectivity index (χ3v) is 11.6. The number of hydrogen-bond donors (Lipinski definition) is 4. The van der Waals surface area contributed by atoms with Crippen molar-refractivity contribution in [1.29, 1.82) is 0 Å². The number of benzene rings is 5. The van der Waals surface area contributed by atoms with Crippen molar-refractivity contribution in [3.05, 3.63) is 136 Å². The molecule has 0 bridgehead atoms. The number of nitrogens with two attached hydrogens (primary N) is 4. The molecule has 0 fully saturated rings. The second-order valence-corrected chi connectivity index (χ2v) is 15.8. The van der Waals surface area contributed by atoms with Crippen molar-refractivity contribution < 1.29 is 4.57 Å². The van der Waals surface area contributed by atoms with Gasteiger partial charge in [0.25, 0.3) is 0 Å². The second kappa shape index (κ2) is 15.2. The fraction of sp³-hybridized carbons (Fsp3) is 0.271. The van der Waals surface area contributed by atoms with E-state index in [-0.39, 0.29) is 6.04 Å². The molecule has 8 nitrogen and oxygen atoms in total. The number of aromatic nitrogens is 2. The normalized spacial score (nSPS) is 15.0. The number of aryl methyl sites for hydroxylation is 5. The quantitative estimate of drug-likeness (QED) is 0.0452. The first-order chi connectivity index (χ1) is 27.0. The Morgan fingerprint density at radius 2 is 1.20 bits per heavy atom. The predicted octanol–water partition coefficient (Wildman–Crippen LogP) is 9.86. The van der Waals surface area contributed by atoms with Crippen molar-refractivity contribution in [1.82, 2.24) is 4.98 Å². The molecule has 8 heteroatoms. The van der Waals surface area contributed by atoms with E-state index in [9.17, 15) is 0 Å². The molecule has 6 aromatic rings. The Morgan fingerprint density at radius 3 is 1.86 bits per heavy atom. The third kappa shape index (κ3) is 7.19. The number of fused-ring (bicyclic) bond motifs is 4. The van der Waals surface area contributed by atoms with Gasteiger partial charge in [-0.15, -0.1) is 4.57 Å². The molecule has 5 aromatic carbocycles. The van der Waals surface area contributed by atoms with Gasteiger partial charge in [-0.1, -0.05) is 49.9 Å². The first-order valence-electron chi connectivity index (χ1n) is 20.0. The van der Waals surface area contributed by atoms with Gasteiger partial charge in [-0.25, -0.2) is 9.98 Å². The highest BCUT2D eigenvalue weighted by Crippen LogP contribution is 2.44. The van der Waals surface area contributed by atoms with Crippen LogP contribution >= 0.6 is 0 Å². The van der Waals surface area contributed by atoms with Crippen LogP contribution < -0.4 is 32.4 Å². The molecular weight excluding hydrogens is 689 g/mol. The Hall–Kier alpha value is -6.15. The summed E-state index contributed by atoms with van der Waals surface area (Å²) in [7, 11) is 0. The number of allylic oxidation sites excluding steroid dienone is 1. The Balaban J connectivity index is 0.883. The van der Waals surface area contributed by atoms with Crippen molar-refractivity contribution in [2.45, 2.75) is 85.1 Å². The van der Waals surface area contributed by atoms with E-state index in [1.54, 1.807) is 0 Å². The average Bonchev–Trinajstić information content (AvgIpc) is 3.17. The first-order valence-corrected chi connectivity index (χ1v) is 20.0. The maximum absolute atomic E-state index is 6.44. The van der Waals surface area contributed by atoms with Crippen LogP contribution in [0.15, 0.2) is 113 Å². The van der Waals surface area contributed by atoms with Crippen molar-refractivity contribution >= 4 is 61.9 Å². The highest BCUT2D eigenvalue weighted by molar-refractivity contribution is 6.10. The van der Waals surface area contributed by atoms with Crippen LogP contribution in [0.5, 0.6) is 0 Å². The molecule has 8 N–H and O–H groups in total. The molecule has 1 aliphatic heterocycles. The molecule has 56 heavy (non-hydrogen) atoms. The number of aliphatic imine (C=N–C) groups is 1. The lowest BCUT2D eigenvalue weighted by Gasteiger charge is -2.38. The van der Waals surface area contributed by atoms with Crippen LogP contribution in [0, 0.1) is 20.8 Å². The lowest BCUT2D eigenvalue weighted by atomic mass is 9.93. The summed E-state index contributed by atoms with van der Waals surface area (Å²) in [5, 5.41) is 0. The molecule has 0 amide bonds. The summed E-state index contributed by atoms with van der Waals surface area (Å²) < 4.78 is 2.26. The molecule has 8 rings (SSSR count). The molecule has 1 aliphatic carbocycles. The van der Waals surface area contributed by atoms with E-state index in [0.717, 1.165) is 121 Å². The summed E-state index contributed by atoms with van der Waals surface area (Å²) in [5.41, 5.74) is 44.6. The first kappa shape index (κ1) is 36.8. The highest BCUT2D eigenvalue weighted by Gasteiger charge is 2.32. The summed E-state index contributed by atoms with van der Waals surface area (Å²) in [6.45, 7) is 8.14. The maximum Gasteiger partial charge on any atom is 0.239 e. The zero-order valence-electron chi connectivity index (χ0n) is 33.1. The summed E-state index contributed by atoms with van der Waals surface area (Å²) in [4.78, 5) is 12.4. The maximum atomic E-state index is 6.44. The largest absolute Gasteiger partial charge is 0.399 e. The lowest BCUT2D eigenvalue weighted by Crippen LogP contribution is -2.40. The minimum Gasteiger partial charge on any atom is -0.399 e. The van der Waals surface area contributed by atoms with E-state index < -0.39 is 0 Å². The predicted molar refractivity (Wildman–Crippen MR) is 235 cm³/mol. The molecule has 1 unspecified atom stereocenters.